The number of hydrogen-bond acceptors (Lipinski definition) is 5. The summed E-state index contributed by atoms with van der Waals surface area (Å²) in [5.74, 6) is 0.209. The number of fused-ring (bicyclic) bond motifs is 1. The molecule has 10 heteroatoms. The first kappa shape index (κ1) is 23.2. The summed E-state index contributed by atoms with van der Waals surface area (Å²) in [5, 5.41) is 10.1. The van der Waals surface area contributed by atoms with Crippen molar-refractivity contribution in [2.24, 2.45) is 0 Å². The summed E-state index contributed by atoms with van der Waals surface area (Å²) in [7, 11) is 0. The van der Waals surface area contributed by atoms with E-state index in [1.54, 1.807) is 48.0 Å². The summed E-state index contributed by atoms with van der Waals surface area (Å²) in [5.41, 5.74) is 0.149. The number of nitrogens with zero attached hydrogens (tertiary/aromatic N) is 2. The van der Waals surface area contributed by atoms with Crippen LogP contribution in [-0.2, 0) is 11.0 Å². The van der Waals surface area contributed by atoms with Crippen LogP contribution in [-0.4, -0.2) is 33.8 Å². The lowest BCUT2D eigenvalue weighted by Gasteiger charge is -2.11. The van der Waals surface area contributed by atoms with Crippen molar-refractivity contribution >= 4 is 16.9 Å². The summed E-state index contributed by atoms with van der Waals surface area (Å²) in [6.45, 7) is 2.41. The van der Waals surface area contributed by atoms with E-state index < -0.39 is 23.9 Å². The highest BCUT2D eigenvalue weighted by Crippen LogP contribution is 2.31. The zero-order valence-corrected chi connectivity index (χ0v) is 18.1. The van der Waals surface area contributed by atoms with Gasteiger partial charge in [-0.1, -0.05) is 0 Å². The van der Waals surface area contributed by atoms with E-state index in [1.807, 2.05) is 18.2 Å². The zero-order valence-electron chi connectivity index (χ0n) is 18.1. The Hall–Kier alpha value is -3.95. The monoisotopic (exact) mass is 474 g/mol. The molecule has 0 bridgehead atoms. The van der Waals surface area contributed by atoms with Gasteiger partial charge in [0.05, 0.1) is 13.2 Å². The van der Waals surface area contributed by atoms with E-state index in [-0.39, 0.29) is 5.89 Å². The fourth-order valence-electron chi connectivity index (χ4n) is 3.36. The summed E-state index contributed by atoms with van der Waals surface area (Å²) < 4.78 is 55.9. The first-order chi connectivity index (χ1) is 16.2. The Morgan fingerprint density at radius 2 is 1.76 bits per heavy atom. The Balaban J connectivity index is 1.25. The third-order valence-corrected chi connectivity index (χ3v) is 5.19. The number of carboxylic acids is 1. The normalized spacial score (nSPS) is 12.6. The maximum atomic E-state index is 12.6. The van der Waals surface area contributed by atoms with E-state index in [2.05, 4.69) is 4.98 Å². The van der Waals surface area contributed by atoms with Gasteiger partial charge in [0, 0.05) is 29.1 Å². The highest BCUT2D eigenvalue weighted by atomic mass is 19.4. The number of halogens is 3. The number of carboxylic acid groups (broad SMARTS) is 1. The van der Waals surface area contributed by atoms with Crippen LogP contribution in [0.15, 0.2) is 65.4 Å². The van der Waals surface area contributed by atoms with Crippen molar-refractivity contribution in [3.05, 3.63) is 66.7 Å². The van der Waals surface area contributed by atoms with E-state index in [0.29, 0.717) is 43.0 Å². The van der Waals surface area contributed by atoms with Gasteiger partial charge < -0.3 is 23.6 Å². The molecule has 0 aliphatic carbocycles. The predicted octanol–water partition coefficient (Wildman–Crippen LogP) is 5.81. The molecule has 34 heavy (non-hydrogen) atoms. The molecular weight excluding hydrogens is 453 g/mol. The third-order valence-electron chi connectivity index (χ3n) is 5.19. The Kier molecular flexibility index (Phi) is 6.49. The molecule has 0 amide bonds. The Morgan fingerprint density at radius 3 is 2.41 bits per heavy atom. The number of carbonyl (C=O) groups is 1. The van der Waals surface area contributed by atoms with Crippen LogP contribution in [0, 0.1) is 0 Å². The van der Waals surface area contributed by atoms with Crippen LogP contribution in [0.2, 0.25) is 0 Å². The van der Waals surface area contributed by atoms with Crippen LogP contribution in [0.3, 0.4) is 0 Å². The van der Waals surface area contributed by atoms with Gasteiger partial charge in [0.2, 0.25) is 5.89 Å². The smallest absolute Gasteiger partial charge is 0.436 e. The van der Waals surface area contributed by atoms with E-state index in [0.717, 1.165) is 10.9 Å². The van der Waals surface area contributed by atoms with Crippen LogP contribution in [0.4, 0.5) is 13.2 Å². The highest BCUT2D eigenvalue weighted by molar-refractivity contribution is 5.84. The summed E-state index contributed by atoms with van der Waals surface area (Å²) in [4.78, 5) is 14.7. The Morgan fingerprint density at radius 1 is 1.09 bits per heavy atom. The second-order valence-corrected chi connectivity index (χ2v) is 7.57. The SMILES string of the molecule is CC(C(=O)O)n1ccc2cc(OCCCOc3ccc(-c4nc(C(F)(F)F)co4)cc3)ccc21. The molecule has 4 aromatic rings. The molecule has 7 nitrogen and oxygen atoms in total. The van der Waals surface area contributed by atoms with Gasteiger partial charge in [-0.25, -0.2) is 9.78 Å². The van der Waals surface area contributed by atoms with Gasteiger partial charge in [-0.3, -0.25) is 0 Å². The van der Waals surface area contributed by atoms with Gasteiger partial charge in [-0.05, 0) is 55.5 Å². The largest absolute Gasteiger partial charge is 0.493 e. The fourth-order valence-corrected chi connectivity index (χ4v) is 3.36. The first-order valence-electron chi connectivity index (χ1n) is 10.4. The molecule has 4 rings (SSSR count). The lowest BCUT2D eigenvalue weighted by molar-refractivity contribution is -0.141. The predicted molar refractivity (Wildman–Crippen MR) is 117 cm³/mol. The summed E-state index contributed by atoms with van der Waals surface area (Å²) >= 11 is 0. The third kappa shape index (κ3) is 5.16. The number of hydrogen-bond donors (Lipinski definition) is 1. The fraction of sp³-hybridized carbons (Fsp3) is 0.250. The number of ether oxygens (including phenoxy) is 2. The van der Waals surface area contributed by atoms with Crippen LogP contribution in [0.1, 0.15) is 25.1 Å². The highest BCUT2D eigenvalue weighted by Gasteiger charge is 2.34. The van der Waals surface area contributed by atoms with Crippen molar-refractivity contribution in [2.45, 2.75) is 25.6 Å². The number of benzene rings is 2. The number of aliphatic carboxylic acids is 1. The molecule has 0 radical (unpaired) electrons. The van der Waals surface area contributed by atoms with Crippen molar-refractivity contribution < 1.29 is 37.0 Å². The molecule has 0 saturated heterocycles. The maximum absolute atomic E-state index is 12.6. The lowest BCUT2D eigenvalue weighted by Crippen LogP contribution is -2.14. The van der Waals surface area contributed by atoms with Gasteiger partial charge in [0.15, 0.2) is 5.69 Å². The second kappa shape index (κ2) is 9.50. The topological polar surface area (TPSA) is 86.7 Å². The first-order valence-corrected chi connectivity index (χ1v) is 10.4. The Labute approximate surface area is 192 Å². The minimum absolute atomic E-state index is 0.114. The molecule has 0 fully saturated rings. The molecule has 178 valence electrons. The maximum Gasteiger partial charge on any atom is 0.436 e. The zero-order chi connectivity index (χ0) is 24.3. The summed E-state index contributed by atoms with van der Waals surface area (Å²) in [6.07, 6.45) is -1.62. The molecular formula is C24H21F3N2O5. The van der Waals surface area contributed by atoms with Crippen LogP contribution < -0.4 is 9.47 Å². The van der Waals surface area contributed by atoms with Crippen molar-refractivity contribution in [1.82, 2.24) is 9.55 Å². The van der Waals surface area contributed by atoms with Crippen molar-refractivity contribution in [3.63, 3.8) is 0 Å². The van der Waals surface area contributed by atoms with Gasteiger partial charge in [-0.2, -0.15) is 13.2 Å². The van der Waals surface area contributed by atoms with Crippen molar-refractivity contribution in [2.75, 3.05) is 13.2 Å². The summed E-state index contributed by atoms with van der Waals surface area (Å²) in [6, 6.07) is 13.1. The molecule has 2 aromatic heterocycles. The van der Waals surface area contributed by atoms with E-state index in [4.69, 9.17) is 13.9 Å². The minimum Gasteiger partial charge on any atom is -0.493 e. The molecule has 0 aliphatic heterocycles. The lowest BCUT2D eigenvalue weighted by atomic mass is 10.2. The van der Waals surface area contributed by atoms with Gasteiger partial charge in [0.1, 0.15) is 23.8 Å². The number of oxazole rings is 1. The average Bonchev–Trinajstić information content (AvgIpc) is 3.46. The average molecular weight is 474 g/mol. The number of aromatic nitrogens is 2. The molecule has 1 unspecified atom stereocenters. The molecule has 2 aromatic carbocycles. The van der Waals surface area contributed by atoms with E-state index >= 15 is 0 Å². The van der Waals surface area contributed by atoms with Gasteiger partial charge >= 0.3 is 12.1 Å². The molecule has 0 spiro atoms. The Bertz CT molecular complexity index is 1280. The molecule has 0 saturated carbocycles. The van der Waals surface area contributed by atoms with Crippen LogP contribution >= 0.6 is 0 Å². The van der Waals surface area contributed by atoms with Crippen LogP contribution in [0.25, 0.3) is 22.4 Å². The van der Waals surface area contributed by atoms with Crippen molar-refractivity contribution in [3.8, 4) is 23.0 Å². The van der Waals surface area contributed by atoms with Gasteiger partial charge in [-0.15, -0.1) is 0 Å². The number of alkyl halides is 3. The molecule has 2 heterocycles. The minimum atomic E-state index is -4.55. The molecule has 1 N–H and O–H groups in total. The second-order valence-electron chi connectivity index (χ2n) is 7.57. The quantitative estimate of drug-likeness (QED) is 0.308. The van der Waals surface area contributed by atoms with E-state index in [9.17, 15) is 23.1 Å². The number of rotatable bonds is 9. The van der Waals surface area contributed by atoms with E-state index in [1.165, 1.54) is 0 Å². The van der Waals surface area contributed by atoms with Crippen LogP contribution in [0.5, 0.6) is 11.5 Å². The van der Waals surface area contributed by atoms with Crippen molar-refractivity contribution in [1.29, 1.82) is 0 Å². The molecule has 1 atom stereocenters. The standard InChI is InChI=1S/C24H21F3N2O5/c1-15(23(30)31)29-10-9-17-13-19(7-8-20(17)29)33-12-2-11-32-18-5-3-16(4-6-18)22-28-21(14-34-22)24(25,26)27/h3-10,13-15H,2,11-12H2,1H3,(H,30,31). The van der Waals surface area contributed by atoms with Gasteiger partial charge in [0.25, 0.3) is 0 Å². The molecule has 0 aliphatic rings.